The summed E-state index contributed by atoms with van der Waals surface area (Å²) in [7, 11) is 1.59. The molecule has 2 aromatic heterocycles. The fourth-order valence-electron chi connectivity index (χ4n) is 4.54. The molecule has 176 valence electrons. The van der Waals surface area contributed by atoms with Crippen molar-refractivity contribution < 1.29 is 9.53 Å². The van der Waals surface area contributed by atoms with Gasteiger partial charge in [0, 0.05) is 23.9 Å². The highest BCUT2D eigenvalue weighted by Gasteiger charge is 2.21. The van der Waals surface area contributed by atoms with Crippen LogP contribution in [0.5, 0.6) is 5.75 Å². The van der Waals surface area contributed by atoms with Gasteiger partial charge < -0.3 is 10.1 Å². The van der Waals surface area contributed by atoms with E-state index in [4.69, 9.17) is 21.3 Å². The standard InChI is InChI=1S/C27H28ClN3O2S/c1-17-3-5-19(6-4-17)16-31-11-9-18(10-12-31)15-29-26(32)23-14-21-13-20-7-8-22(33-2)24(28)25(20)30-27(21)34-23/h3-8,13-14,18H,9-12,15-16H2,1-2H3,(H,29,32). The van der Waals surface area contributed by atoms with Gasteiger partial charge in [-0.2, -0.15) is 0 Å². The van der Waals surface area contributed by atoms with Gasteiger partial charge >= 0.3 is 0 Å². The van der Waals surface area contributed by atoms with Gasteiger partial charge in [0.1, 0.15) is 15.6 Å². The molecule has 1 aliphatic rings. The van der Waals surface area contributed by atoms with Crippen LogP contribution in [-0.2, 0) is 6.54 Å². The van der Waals surface area contributed by atoms with Crippen LogP contribution in [0.3, 0.4) is 0 Å². The first-order valence-electron chi connectivity index (χ1n) is 11.6. The van der Waals surface area contributed by atoms with Crippen molar-refractivity contribution in [2.24, 2.45) is 5.92 Å². The number of thiophene rings is 1. The average Bonchev–Trinajstić information content (AvgIpc) is 3.27. The highest BCUT2D eigenvalue weighted by Crippen LogP contribution is 2.35. The quantitative estimate of drug-likeness (QED) is 0.354. The van der Waals surface area contributed by atoms with Crippen molar-refractivity contribution in [2.45, 2.75) is 26.3 Å². The molecule has 0 spiro atoms. The lowest BCUT2D eigenvalue weighted by Crippen LogP contribution is -2.38. The van der Waals surface area contributed by atoms with Crippen molar-refractivity contribution in [3.63, 3.8) is 0 Å². The van der Waals surface area contributed by atoms with Gasteiger partial charge in [-0.3, -0.25) is 9.69 Å². The highest BCUT2D eigenvalue weighted by atomic mass is 35.5. The molecule has 1 N–H and O–H groups in total. The first kappa shape index (κ1) is 23.1. The normalized spacial score (nSPS) is 15.1. The second kappa shape index (κ2) is 9.90. The van der Waals surface area contributed by atoms with Gasteiger partial charge in [0.25, 0.3) is 5.91 Å². The molecule has 34 heavy (non-hydrogen) atoms. The molecule has 5 rings (SSSR count). The highest BCUT2D eigenvalue weighted by molar-refractivity contribution is 7.20. The van der Waals surface area contributed by atoms with Gasteiger partial charge in [0.05, 0.1) is 17.5 Å². The Bertz CT molecular complexity index is 1330. The molecule has 0 bridgehead atoms. The van der Waals surface area contributed by atoms with Crippen LogP contribution >= 0.6 is 22.9 Å². The number of amides is 1. The second-order valence-corrected chi connectivity index (χ2v) is 10.5. The summed E-state index contributed by atoms with van der Waals surface area (Å²) in [4.78, 5) is 21.6. The van der Waals surface area contributed by atoms with Gasteiger partial charge in [-0.25, -0.2) is 4.98 Å². The third kappa shape index (κ3) is 4.90. The molecule has 2 aromatic carbocycles. The van der Waals surface area contributed by atoms with Crippen molar-refractivity contribution in [1.82, 2.24) is 15.2 Å². The lowest BCUT2D eigenvalue weighted by Gasteiger charge is -2.32. The van der Waals surface area contributed by atoms with Crippen LogP contribution in [-0.4, -0.2) is 42.5 Å². The molecule has 0 aliphatic carbocycles. The number of pyridine rings is 1. The van der Waals surface area contributed by atoms with Crippen LogP contribution in [0.25, 0.3) is 21.1 Å². The molecule has 0 saturated carbocycles. The predicted octanol–water partition coefficient (Wildman–Crippen LogP) is 6.06. The summed E-state index contributed by atoms with van der Waals surface area (Å²) < 4.78 is 5.30. The van der Waals surface area contributed by atoms with E-state index < -0.39 is 0 Å². The van der Waals surface area contributed by atoms with E-state index in [-0.39, 0.29) is 5.91 Å². The Kier molecular flexibility index (Phi) is 6.73. The van der Waals surface area contributed by atoms with E-state index in [0.29, 0.717) is 33.6 Å². The number of likely N-dealkylation sites (tertiary alicyclic amines) is 1. The lowest BCUT2D eigenvalue weighted by atomic mass is 9.96. The third-order valence-corrected chi connectivity index (χ3v) is 8.01. The summed E-state index contributed by atoms with van der Waals surface area (Å²) >= 11 is 7.84. The molecule has 1 saturated heterocycles. The van der Waals surface area contributed by atoms with Crippen LogP contribution in [0.2, 0.25) is 5.02 Å². The Hall–Kier alpha value is -2.67. The SMILES string of the molecule is COc1ccc2cc3cc(C(=O)NCC4CCN(Cc5ccc(C)cc5)CC4)sc3nc2c1Cl. The second-order valence-electron chi connectivity index (χ2n) is 9.06. The van der Waals surface area contributed by atoms with Crippen molar-refractivity contribution in [1.29, 1.82) is 0 Å². The fraction of sp³-hybridized carbons (Fsp3) is 0.333. The van der Waals surface area contributed by atoms with Crippen LogP contribution in [0.15, 0.2) is 48.5 Å². The number of aromatic nitrogens is 1. The van der Waals surface area contributed by atoms with Crippen molar-refractivity contribution >= 4 is 50.0 Å². The Morgan fingerprint density at radius 3 is 2.65 bits per heavy atom. The largest absolute Gasteiger partial charge is 0.495 e. The summed E-state index contributed by atoms with van der Waals surface area (Å²) in [5.74, 6) is 1.08. The first-order chi connectivity index (χ1) is 16.5. The van der Waals surface area contributed by atoms with E-state index in [1.54, 1.807) is 7.11 Å². The van der Waals surface area contributed by atoms with E-state index in [9.17, 15) is 4.79 Å². The van der Waals surface area contributed by atoms with Gasteiger partial charge in [-0.05, 0) is 68.6 Å². The molecular formula is C27H28ClN3O2S. The lowest BCUT2D eigenvalue weighted by molar-refractivity contribution is 0.0939. The molecule has 1 aliphatic heterocycles. The predicted molar refractivity (Wildman–Crippen MR) is 140 cm³/mol. The number of benzene rings is 2. The maximum absolute atomic E-state index is 12.9. The minimum Gasteiger partial charge on any atom is -0.495 e. The number of halogens is 1. The molecule has 1 fully saturated rings. The molecule has 0 unspecified atom stereocenters. The maximum Gasteiger partial charge on any atom is 0.261 e. The number of ether oxygens (including phenoxy) is 1. The minimum absolute atomic E-state index is 0.0298. The number of nitrogens with one attached hydrogen (secondary N) is 1. The number of fused-ring (bicyclic) bond motifs is 2. The zero-order chi connectivity index (χ0) is 23.7. The number of nitrogens with zero attached hydrogens (tertiary/aromatic N) is 2. The number of hydrogen-bond donors (Lipinski definition) is 1. The van der Waals surface area contributed by atoms with E-state index in [0.717, 1.165) is 48.1 Å². The number of rotatable bonds is 6. The molecule has 5 nitrogen and oxygen atoms in total. The van der Waals surface area contributed by atoms with Crippen molar-refractivity contribution in [2.75, 3.05) is 26.7 Å². The van der Waals surface area contributed by atoms with Crippen LogP contribution < -0.4 is 10.1 Å². The summed E-state index contributed by atoms with van der Waals surface area (Å²) in [6.45, 7) is 5.96. The van der Waals surface area contributed by atoms with Crippen LogP contribution in [0.4, 0.5) is 0 Å². The maximum atomic E-state index is 12.9. The summed E-state index contributed by atoms with van der Waals surface area (Å²) in [6.07, 6.45) is 2.21. The van der Waals surface area contributed by atoms with E-state index in [1.165, 1.54) is 22.5 Å². The number of piperidine rings is 1. The zero-order valence-corrected chi connectivity index (χ0v) is 21.0. The molecule has 3 heterocycles. The van der Waals surface area contributed by atoms with E-state index in [2.05, 4.69) is 41.4 Å². The van der Waals surface area contributed by atoms with E-state index in [1.807, 2.05) is 24.3 Å². The Labute approximate surface area is 208 Å². The van der Waals surface area contributed by atoms with Gasteiger partial charge in [-0.15, -0.1) is 11.3 Å². The average molecular weight is 494 g/mol. The summed E-state index contributed by atoms with van der Waals surface area (Å²) in [5.41, 5.74) is 3.35. The molecule has 0 atom stereocenters. The van der Waals surface area contributed by atoms with Crippen molar-refractivity contribution in [3.05, 3.63) is 69.6 Å². The van der Waals surface area contributed by atoms with E-state index >= 15 is 0 Å². The summed E-state index contributed by atoms with van der Waals surface area (Å²) in [6, 6.07) is 16.5. The number of aryl methyl sites for hydroxylation is 1. The molecule has 4 aromatic rings. The molecular weight excluding hydrogens is 466 g/mol. The monoisotopic (exact) mass is 493 g/mol. The molecule has 0 radical (unpaired) electrons. The fourth-order valence-corrected chi connectivity index (χ4v) is 5.76. The van der Waals surface area contributed by atoms with Gasteiger partial charge in [-0.1, -0.05) is 41.4 Å². The van der Waals surface area contributed by atoms with Crippen LogP contribution in [0, 0.1) is 12.8 Å². The Morgan fingerprint density at radius 2 is 1.91 bits per heavy atom. The van der Waals surface area contributed by atoms with Crippen molar-refractivity contribution in [3.8, 4) is 5.75 Å². The van der Waals surface area contributed by atoms with Gasteiger partial charge in [0.15, 0.2) is 0 Å². The third-order valence-electron chi connectivity index (χ3n) is 6.61. The number of methoxy groups -OCH3 is 1. The topological polar surface area (TPSA) is 54.5 Å². The smallest absolute Gasteiger partial charge is 0.261 e. The number of carbonyl (C=O) groups excluding carboxylic acids is 1. The molecule has 1 amide bonds. The zero-order valence-electron chi connectivity index (χ0n) is 19.4. The number of hydrogen-bond acceptors (Lipinski definition) is 5. The molecule has 7 heteroatoms. The Balaban J connectivity index is 1.18. The summed E-state index contributed by atoms with van der Waals surface area (Å²) in [5, 5.41) is 5.53. The van der Waals surface area contributed by atoms with Crippen LogP contribution in [0.1, 0.15) is 33.6 Å². The minimum atomic E-state index is -0.0298. The van der Waals surface area contributed by atoms with Gasteiger partial charge in [0.2, 0.25) is 0 Å². The first-order valence-corrected chi connectivity index (χ1v) is 12.8. The Morgan fingerprint density at radius 1 is 1.15 bits per heavy atom. The number of carbonyl (C=O) groups is 1.